The lowest BCUT2D eigenvalue weighted by atomic mass is 9.49. The lowest BCUT2D eigenvalue weighted by Gasteiger charge is -2.64. The summed E-state index contributed by atoms with van der Waals surface area (Å²) in [7, 11) is 5.22. The number of methoxy groups -OCH3 is 1. The van der Waals surface area contributed by atoms with Crippen molar-refractivity contribution in [3.8, 4) is 0 Å². The average molecular weight is 811 g/mol. The van der Waals surface area contributed by atoms with Gasteiger partial charge in [0.2, 0.25) is 35.2 Å². The second kappa shape index (κ2) is 16.4. The van der Waals surface area contributed by atoms with Crippen molar-refractivity contribution in [2.75, 3.05) is 38.8 Å². The third-order valence-corrected chi connectivity index (χ3v) is 15.4. The van der Waals surface area contributed by atoms with E-state index in [0.29, 0.717) is 56.2 Å². The number of likely N-dealkylation sites (tertiary alicyclic amines) is 1. The van der Waals surface area contributed by atoms with Crippen molar-refractivity contribution in [3.63, 3.8) is 0 Å². The van der Waals surface area contributed by atoms with E-state index in [1.54, 1.807) is 14.2 Å². The molecule has 2 N–H and O–H groups in total. The Labute approximate surface area is 339 Å². The first-order chi connectivity index (χ1) is 27.4. The standard InChI is InChI=1S/C42H58N4O10S/c1-43-37(49)29-10-6-26(7-11-29)24-46-36(48)19-34(38(46)50)57-16-14-35(47)45(2)40-20-28-17-30(21-40)42(31(18-28)22-40)54-41(55-56-42)15-4-5-33(23-41)53-39(51)44-32-12-8-27(9-13-32)25-52-3/h8-9,12-13,26,28-31,33-34H,4-7,10-11,14-25H2,1-3H3,(H,43,49)(H,44,51)/t26?,28?,29?,30?,31?,33?,34?,40?,41-,42?/m1/s1. The number of nitrogens with one attached hydrogen (secondary N) is 2. The molecule has 0 radical (unpaired) electrons. The third kappa shape index (κ3) is 8.07. The van der Waals surface area contributed by atoms with Crippen molar-refractivity contribution in [1.29, 1.82) is 0 Å². The Morgan fingerprint density at radius 3 is 2.42 bits per heavy atom. The van der Waals surface area contributed by atoms with Crippen LogP contribution in [0, 0.1) is 29.6 Å². The minimum Gasteiger partial charge on any atom is -0.446 e. The molecule has 57 heavy (non-hydrogen) atoms. The maximum absolute atomic E-state index is 13.8. The van der Waals surface area contributed by atoms with Crippen molar-refractivity contribution in [2.24, 2.45) is 29.6 Å². The number of imide groups is 1. The monoisotopic (exact) mass is 810 g/mol. The van der Waals surface area contributed by atoms with E-state index in [1.807, 2.05) is 36.2 Å². The number of benzene rings is 1. The number of rotatable bonds is 12. The van der Waals surface area contributed by atoms with Gasteiger partial charge in [-0.3, -0.25) is 29.4 Å². The molecular formula is C42H58N4O10S. The van der Waals surface area contributed by atoms with Crippen LogP contribution in [0.25, 0.3) is 0 Å². The molecule has 0 aromatic heterocycles. The molecule has 2 spiro atoms. The number of hydrogen-bond acceptors (Lipinski definition) is 11. The Balaban J connectivity index is 0.817. The molecule has 2 aliphatic heterocycles. The largest absolute Gasteiger partial charge is 0.446 e. The molecule has 6 aliphatic carbocycles. The van der Waals surface area contributed by atoms with E-state index in [9.17, 15) is 24.0 Å². The predicted molar refractivity (Wildman–Crippen MR) is 209 cm³/mol. The lowest BCUT2D eigenvalue weighted by molar-refractivity contribution is -0.394. The van der Waals surface area contributed by atoms with Crippen LogP contribution in [0.2, 0.25) is 0 Å². The molecule has 5 amide bonds. The summed E-state index contributed by atoms with van der Waals surface area (Å²) < 4.78 is 18.0. The molecule has 9 rings (SSSR count). The highest BCUT2D eigenvalue weighted by molar-refractivity contribution is 8.00. The number of carbonyl (C=O) groups excluding carboxylic acids is 5. The van der Waals surface area contributed by atoms with Crippen molar-refractivity contribution >= 4 is 47.2 Å². The van der Waals surface area contributed by atoms with Gasteiger partial charge >= 0.3 is 6.09 Å². The SMILES string of the molecule is CNC(=O)C1CCC(CN2C(=O)CC(SCCC(=O)N(C)C34CC5CC(C3)C3(OO[C@@]6(CCCC(OC(=O)Nc7ccc(COC)cc7)C6)O3)C(C5)C4)C2=O)CC1. The Kier molecular flexibility index (Phi) is 11.7. The fraction of sp³-hybridized carbons (Fsp3) is 0.738. The third-order valence-electron chi connectivity index (χ3n) is 14.2. The molecule has 8 aliphatic rings. The Bertz CT molecular complexity index is 1690. The van der Waals surface area contributed by atoms with Gasteiger partial charge in [0.05, 0.1) is 11.9 Å². The summed E-state index contributed by atoms with van der Waals surface area (Å²) in [4.78, 5) is 80.8. The Morgan fingerprint density at radius 2 is 1.72 bits per heavy atom. The fourth-order valence-electron chi connectivity index (χ4n) is 11.4. The van der Waals surface area contributed by atoms with E-state index in [1.165, 1.54) is 16.7 Å². The van der Waals surface area contributed by atoms with Gasteiger partial charge in [-0.2, -0.15) is 9.78 Å². The highest BCUT2D eigenvalue weighted by Crippen LogP contribution is 2.66. The molecule has 4 bridgehead atoms. The zero-order chi connectivity index (χ0) is 40.0. The molecule has 6 saturated carbocycles. The van der Waals surface area contributed by atoms with Gasteiger partial charge in [0.15, 0.2) is 0 Å². The van der Waals surface area contributed by atoms with E-state index < -0.39 is 29.0 Å². The molecule has 2 heterocycles. The van der Waals surface area contributed by atoms with Gasteiger partial charge < -0.3 is 24.4 Å². The smallest absolute Gasteiger partial charge is 0.411 e. The Morgan fingerprint density at radius 1 is 0.982 bits per heavy atom. The van der Waals surface area contributed by atoms with Crippen LogP contribution in [0.15, 0.2) is 24.3 Å². The zero-order valence-electron chi connectivity index (χ0n) is 33.5. The van der Waals surface area contributed by atoms with Gasteiger partial charge in [-0.05, 0) is 100 Å². The summed E-state index contributed by atoms with van der Waals surface area (Å²) in [5, 5.41) is 5.09. The molecule has 1 aromatic carbocycles. The zero-order valence-corrected chi connectivity index (χ0v) is 34.3. The minimum atomic E-state index is -0.993. The number of thioether (sulfide) groups is 1. The van der Waals surface area contributed by atoms with Crippen LogP contribution in [0.5, 0.6) is 0 Å². The van der Waals surface area contributed by atoms with Gasteiger partial charge in [-0.25, -0.2) is 4.79 Å². The van der Waals surface area contributed by atoms with Gasteiger partial charge in [0.1, 0.15) is 6.10 Å². The van der Waals surface area contributed by atoms with E-state index in [0.717, 1.165) is 69.8 Å². The molecular weight excluding hydrogens is 753 g/mol. The summed E-state index contributed by atoms with van der Waals surface area (Å²) in [6.45, 7) is 0.915. The number of nitrogens with zero attached hydrogens (tertiary/aromatic N) is 2. The van der Waals surface area contributed by atoms with E-state index in [2.05, 4.69) is 10.6 Å². The predicted octanol–water partition coefficient (Wildman–Crippen LogP) is 5.54. The number of amides is 5. The van der Waals surface area contributed by atoms with E-state index in [-0.39, 0.29) is 59.3 Å². The second-order valence-corrected chi connectivity index (χ2v) is 19.1. The Hall–Kier alpha value is -3.24. The molecule has 4 unspecified atom stereocenters. The fourth-order valence-corrected chi connectivity index (χ4v) is 12.5. The molecule has 8 fully saturated rings. The molecule has 14 nitrogen and oxygen atoms in total. The summed E-state index contributed by atoms with van der Waals surface area (Å²) in [6.07, 6.45) is 9.63. The molecule has 5 atom stereocenters. The molecule has 1 aromatic rings. The normalized spacial score (nSPS) is 36.9. The molecule has 312 valence electrons. The molecule has 15 heteroatoms. The highest BCUT2D eigenvalue weighted by atomic mass is 32.2. The topological polar surface area (TPSA) is 162 Å². The first-order valence-electron chi connectivity index (χ1n) is 21.0. The van der Waals surface area contributed by atoms with Gasteiger partial charge in [-0.1, -0.05) is 12.1 Å². The maximum Gasteiger partial charge on any atom is 0.411 e. The lowest BCUT2D eigenvalue weighted by Crippen LogP contribution is -2.69. The molecule has 2 saturated heterocycles. The first-order valence-corrected chi connectivity index (χ1v) is 22.0. The van der Waals surface area contributed by atoms with Gasteiger partial charge in [-0.15, -0.1) is 11.8 Å². The second-order valence-electron chi connectivity index (χ2n) is 17.8. The van der Waals surface area contributed by atoms with Crippen molar-refractivity contribution < 1.29 is 48.0 Å². The van der Waals surface area contributed by atoms with Crippen molar-refractivity contribution in [2.45, 2.75) is 131 Å². The minimum absolute atomic E-state index is 0.00942. The van der Waals surface area contributed by atoms with Crippen LogP contribution in [0.4, 0.5) is 10.5 Å². The van der Waals surface area contributed by atoms with Gasteiger partial charge in [0.25, 0.3) is 0 Å². The number of ether oxygens (including phenoxy) is 3. The highest BCUT2D eigenvalue weighted by Gasteiger charge is 2.71. The average Bonchev–Trinajstić information content (AvgIpc) is 3.69. The van der Waals surface area contributed by atoms with Crippen LogP contribution in [0.3, 0.4) is 0 Å². The number of anilines is 1. The van der Waals surface area contributed by atoms with Crippen molar-refractivity contribution in [3.05, 3.63) is 29.8 Å². The van der Waals surface area contributed by atoms with E-state index >= 15 is 0 Å². The van der Waals surface area contributed by atoms with Gasteiger partial charge in [0, 0.05) is 88.2 Å². The quantitative estimate of drug-likeness (QED) is 0.202. The van der Waals surface area contributed by atoms with Crippen LogP contribution in [0.1, 0.15) is 102 Å². The van der Waals surface area contributed by atoms with Crippen LogP contribution < -0.4 is 10.6 Å². The maximum atomic E-state index is 13.8. The summed E-state index contributed by atoms with van der Waals surface area (Å²) in [6, 6.07) is 7.44. The van der Waals surface area contributed by atoms with Crippen LogP contribution in [-0.4, -0.2) is 101 Å². The van der Waals surface area contributed by atoms with E-state index in [4.69, 9.17) is 24.0 Å². The number of carbonyl (C=O) groups is 5. The first kappa shape index (κ1) is 40.5. The van der Waals surface area contributed by atoms with Crippen molar-refractivity contribution in [1.82, 2.24) is 15.1 Å². The summed E-state index contributed by atoms with van der Waals surface area (Å²) >= 11 is 1.42. The summed E-state index contributed by atoms with van der Waals surface area (Å²) in [5.74, 6) is -0.766. The number of hydrogen-bond donors (Lipinski definition) is 2. The van der Waals surface area contributed by atoms with Crippen LogP contribution in [-0.2, 0) is 49.8 Å². The van der Waals surface area contributed by atoms with Crippen LogP contribution >= 0.6 is 11.8 Å². The summed E-state index contributed by atoms with van der Waals surface area (Å²) in [5.41, 5.74) is 1.36.